The zero-order valence-corrected chi connectivity index (χ0v) is 9.77. The van der Waals surface area contributed by atoms with Gasteiger partial charge in [-0.15, -0.1) is 0 Å². The number of hydrogen-bond donors (Lipinski definition) is 1. The fourth-order valence-electron chi connectivity index (χ4n) is 1.60. The van der Waals surface area contributed by atoms with Crippen LogP contribution in [-0.2, 0) is 17.8 Å². The Labute approximate surface area is 105 Å². The van der Waals surface area contributed by atoms with Crippen molar-refractivity contribution in [3.8, 4) is 0 Å². The fourth-order valence-corrected chi connectivity index (χ4v) is 1.60. The molecule has 0 fully saturated rings. The third-order valence-corrected chi connectivity index (χ3v) is 2.47. The molecule has 1 aromatic carbocycles. The Morgan fingerprint density at radius 3 is 2.78 bits per heavy atom. The molecule has 1 amide bonds. The first-order valence-corrected chi connectivity index (χ1v) is 5.64. The molecule has 1 aromatic heterocycles. The van der Waals surface area contributed by atoms with Gasteiger partial charge in [-0.2, -0.15) is 0 Å². The number of rotatable bonds is 4. The molecule has 1 N–H and O–H groups in total. The average molecular weight is 244 g/mol. The number of aromatic nitrogens is 1. The van der Waals surface area contributed by atoms with Crippen LogP contribution in [0.1, 0.15) is 11.1 Å². The molecule has 92 valence electrons. The van der Waals surface area contributed by atoms with Crippen molar-refractivity contribution < 1.29 is 9.18 Å². The molecule has 18 heavy (non-hydrogen) atoms. The zero-order chi connectivity index (χ0) is 12.8. The summed E-state index contributed by atoms with van der Waals surface area (Å²) in [4.78, 5) is 15.6. The Kier molecular flexibility index (Phi) is 4.02. The highest BCUT2D eigenvalue weighted by Crippen LogP contribution is 2.04. The SMILES string of the molecule is O=C(Cc1cccc(F)c1)NCc1cccnc1. The molecule has 0 saturated carbocycles. The monoisotopic (exact) mass is 244 g/mol. The van der Waals surface area contributed by atoms with Gasteiger partial charge in [0.2, 0.25) is 5.91 Å². The summed E-state index contributed by atoms with van der Waals surface area (Å²) >= 11 is 0. The van der Waals surface area contributed by atoms with Crippen LogP contribution in [0, 0.1) is 5.82 Å². The van der Waals surface area contributed by atoms with Crippen molar-refractivity contribution in [2.45, 2.75) is 13.0 Å². The standard InChI is InChI=1S/C14H13FN2O/c15-13-5-1-3-11(7-13)8-14(18)17-10-12-4-2-6-16-9-12/h1-7,9H,8,10H2,(H,17,18). The molecular weight excluding hydrogens is 231 g/mol. The number of nitrogens with zero attached hydrogens (tertiary/aromatic N) is 1. The van der Waals surface area contributed by atoms with Crippen molar-refractivity contribution in [2.24, 2.45) is 0 Å². The van der Waals surface area contributed by atoms with Crippen molar-refractivity contribution in [3.63, 3.8) is 0 Å². The molecule has 4 heteroatoms. The van der Waals surface area contributed by atoms with Gasteiger partial charge in [0.15, 0.2) is 0 Å². The molecule has 0 saturated heterocycles. The molecule has 0 aliphatic rings. The lowest BCUT2D eigenvalue weighted by Gasteiger charge is -2.05. The Hall–Kier alpha value is -2.23. The summed E-state index contributed by atoms with van der Waals surface area (Å²) < 4.78 is 12.9. The Balaban J connectivity index is 1.86. The van der Waals surface area contributed by atoms with Crippen molar-refractivity contribution in [1.29, 1.82) is 0 Å². The lowest BCUT2D eigenvalue weighted by atomic mass is 10.1. The summed E-state index contributed by atoms with van der Waals surface area (Å²) in [6.07, 6.45) is 3.55. The van der Waals surface area contributed by atoms with E-state index < -0.39 is 0 Å². The van der Waals surface area contributed by atoms with E-state index >= 15 is 0 Å². The molecular formula is C14H13FN2O. The van der Waals surface area contributed by atoms with Crippen LogP contribution in [0.3, 0.4) is 0 Å². The molecule has 0 bridgehead atoms. The smallest absolute Gasteiger partial charge is 0.224 e. The Morgan fingerprint density at radius 2 is 2.06 bits per heavy atom. The fraction of sp³-hybridized carbons (Fsp3) is 0.143. The van der Waals surface area contributed by atoms with Gasteiger partial charge in [0, 0.05) is 18.9 Å². The summed E-state index contributed by atoms with van der Waals surface area (Å²) in [5, 5.41) is 2.77. The first kappa shape index (κ1) is 12.2. The van der Waals surface area contributed by atoms with Gasteiger partial charge in [0.1, 0.15) is 5.82 Å². The number of hydrogen-bond acceptors (Lipinski definition) is 2. The highest BCUT2D eigenvalue weighted by atomic mass is 19.1. The topological polar surface area (TPSA) is 42.0 Å². The number of pyridine rings is 1. The Morgan fingerprint density at radius 1 is 1.22 bits per heavy atom. The second-order valence-corrected chi connectivity index (χ2v) is 3.94. The summed E-state index contributed by atoms with van der Waals surface area (Å²) in [7, 11) is 0. The molecule has 0 radical (unpaired) electrons. The van der Waals surface area contributed by atoms with Crippen molar-refractivity contribution in [1.82, 2.24) is 10.3 Å². The minimum absolute atomic E-state index is 0.135. The van der Waals surface area contributed by atoms with Gasteiger partial charge < -0.3 is 5.32 Å². The van der Waals surface area contributed by atoms with Crippen LogP contribution in [0.15, 0.2) is 48.8 Å². The molecule has 2 rings (SSSR count). The molecule has 0 spiro atoms. The van der Waals surface area contributed by atoms with E-state index in [2.05, 4.69) is 10.3 Å². The van der Waals surface area contributed by atoms with E-state index in [1.165, 1.54) is 12.1 Å². The van der Waals surface area contributed by atoms with E-state index in [0.29, 0.717) is 12.1 Å². The van der Waals surface area contributed by atoms with Crippen LogP contribution in [0.25, 0.3) is 0 Å². The second-order valence-electron chi connectivity index (χ2n) is 3.94. The average Bonchev–Trinajstić information content (AvgIpc) is 2.38. The van der Waals surface area contributed by atoms with Gasteiger partial charge >= 0.3 is 0 Å². The van der Waals surface area contributed by atoms with E-state index in [1.54, 1.807) is 24.5 Å². The maximum Gasteiger partial charge on any atom is 0.224 e. The highest BCUT2D eigenvalue weighted by molar-refractivity contribution is 5.78. The van der Waals surface area contributed by atoms with Crippen molar-refractivity contribution in [3.05, 3.63) is 65.7 Å². The van der Waals surface area contributed by atoms with Crippen molar-refractivity contribution >= 4 is 5.91 Å². The number of amides is 1. The number of halogens is 1. The van der Waals surface area contributed by atoms with Crippen LogP contribution >= 0.6 is 0 Å². The van der Waals surface area contributed by atoms with E-state index in [1.807, 2.05) is 12.1 Å². The summed E-state index contributed by atoms with van der Waals surface area (Å²) in [5.41, 5.74) is 1.60. The van der Waals surface area contributed by atoms with E-state index in [0.717, 1.165) is 5.56 Å². The van der Waals surface area contributed by atoms with Crippen LogP contribution in [0.5, 0.6) is 0 Å². The van der Waals surface area contributed by atoms with Gasteiger partial charge in [0.05, 0.1) is 6.42 Å². The number of benzene rings is 1. The molecule has 0 unspecified atom stereocenters. The van der Waals surface area contributed by atoms with Crippen molar-refractivity contribution in [2.75, 3.05) is 0 Å². The number of carbonyl (C=O) groups excluding carboxylic acids is 1. The maximum atomic E-state index is 12.9. The minimum atomic E-state index is -0.326. The summed E-state index contributed by atoms with van der Waals surface area (Å²) in [6.45, 7) is 0.433. The van der Waals surface area contributed by atoms with Crippen LogP contribution in [-0.4, -0.2) is 10.9 Å². The number of carbonyl (C=O) groups is 1. The van der Waals surface area contributed by atoms with E-state index in [9.17, 15) is 9.18 Å². The molecule has 3 nitrogen and oxygen atoms in total. The molecule has 2 aromatic rings. The summed E-state index contributed by atoms with van der Waals surface area (Å²) in [5.74, 6) is -0.461. The van der Waals surface area contributed by atoms with Gasteiger partial charge in [-0.1, -0.05) is 18.2 Å². The third kappa shape index (κ3) is 3.66. The van der Waals surface area contributed by atoms with Gasteiger partial charge in [-0.3, -0.25) is 9.78 Å². The summed E-state index contributed by atoms with van der Waals surface area (Å²) in [6, 6.07) is 9.75. The van der Waals surface area contributed by atoms with Crippen LogP contribution in [0.4, 0.5) is 4.39 Å². The largest absolute Gasteiger partial charge is 0.352 e. The van der Waals surface area contributed by atoms with Crippen LogP contribution < -0.4 is 5.32 Å². The molecule has 0 aliphatic carbocycles. The predicted octanol–water partition coefficient (Wildman–Crippen LogP) is 2.08. The van der Waals surface area contributed by atoms with Gasteiger partial charge in [-0.25, -0.2) is 4.39 Å². The van der Waals surface area contributed by atoms with Gasteiger partial charge in [-0.05, 0) is 29.3 Å². The van der Waals surface area contributed by atoms with E-state index in [-0.39, 0.29) is 18.1 Å². The predicted molar refractivity (Wildman–Crippen MR) is 66.2 cm³/mol. The maximum absolute atomic E-state index is 12.9. The number of nitrogens with one attached hydrogen (secondary N) is 1. The van der Waals surface area contributed by atoms with Crippen LogP contribution in [0.2, 0.25) is 0 Å². The molecule has 0 aliphatic heterocycles. The first-order valence-electron chi connectivity index (χ1n) is 5.64. The van der Waals surface area contributed by atoms with E-state index in [4.69, 9.17) is 0 Å². The zero-order valence-electron chi connectivity index (χ0n) is 9.77. The lowest BCUT2D eigenvalue weighted by Crippen LogP contribution is -2.24. The molecule has 0 atom stereocenters. The third-order valence-electron chi connectivity index (χ3n) is 2.47. The lowest BCUT2D eigenvalue weighted by molar-refractivity contribution is -0.120. The Bertz CT molecular complexity index is 528. The first-order chi connectivity index (χ1) is 8.74. The highest BCUT2D eigenvalue weighted by Gasteiger charge is 2.04. The normalized spacial score (nSPS) is 10.1. The van der Waals surface area contributed by atoms with Gasteiger partial charge in [0.25, 0.3) is 0 Å². The molecule has 1 heterocycles. The quantitative estimate of drug-likeness (QED) is 0.894. The second kappa shape index (κ2) is 5.91. The minimum Gasteiger partial charge on any atom is -0.352 e.